The molecule has 1 aromatic rings. The van der Waals surface area contributed by atoms with Crippen molar-refractivity contribution in [3.63, 3.8) is 0 Å². The number of nitrogens with one attached hydrogen (secondary N) is 1. The van der Waals surface area contributed by atoms with E-state index in [0.29, 0.717) is 6.10 Å². The summed E-state index contributed by atoms with van der Waals surface area (Å²) in [5.41, 5.74) is 2.78. The third-order valence-corrected chi connectivity index (χ3v) is 4.69. The summed E-state index contributed by atoms with van der Waals surface area (Å²) in [6.45, 7) is 5.23. The Morgan fingerprint density at radius 1 is 1.37 bits per heavy atom. The van der Waals surface area contributed by atoms with E-state index in [4.69, 9.17) is 16.3 Å². The third kappa shape index (κ3) is 2.81. The zero-order valence-electron chi connectivity index (χ0n) is 11.7. The summed E-state index contributed by atoms with van der Waals surface area (Å²) in [6, 6.07) is 8.83. The summed E-state index contributed by atoms with van der Waals surface area (Å²) in [5, 5.41) is 3.77. The Labute approximate surface area is 120 Å². The van der Waals surface area contributed by atoms with Crippen molar-refractivity contribution in [1.82, 2.24) is 5.32 Å². The molecule has 3 rings (SSSR count). The van der Waals surface area contributed by atoms with Crippen molar-refractivity contribution < 1.29 is 4.74 Å². The Bertz CT molecular complexity index is 460. The molecule has 0 radical (unpaired) electrons. The molecule has 1 N–H and O–H groups in total. The molecule has 1 aliphatic carbocycles. The molecule has 19 heavy (non-hydrogen) atoms. The molecule has 1 fully saturated rings. The minimum Gasteiger partial charge on any atom is -0.371 e. The molecule has 2 aliphatic rings. The van der Waals surface area contributed by atoms with E-state index < -0.39 is 0 Å². The molecule has 104 valence electrons. The molecular formula is C16H22ClNO. The monoisotopic (exact) mass is 279 g/mol. The zero-order valence-corrected chi connectivity index (χ0v) is 12.4. The first-order valence-corrected chi connectivity index (χ1v) is 7.62. The van der Waals surface area contributed by atoms with Gasteiger partial charge in [0.15, 0.2) is 0 Å². The smallest absolute Gasteiger partial charge is 0.0708 e. The van der Waals surface area contributed by atoms with Crippen molar-refractivity contribution >= 4 is 11.6 Å². The van der Waals surface area contributed by atoms with Gasteiger partial charge in [-0.25, -0.2) is 0 Å². The predicted molar refractivity (Wildman–Crippen MR) is 78.7 cm³/mol. The maximum absolute atomic E-state index is 6.48. The molecular weight excluding hydrogens is 258 g/mol. The van der Waals surface area contributed by atoms with E-state index in [1.807, 2.05) is 0 Å². The lowest BCUT2D eigenvalue weighted by Gasteiger charge is -2.22. The molecule has 2 nitrogen and oxygen atoms in total. The molecule has 0 amide bonds. The first kappa shape index (κ1) is 13.4. The van der Waals surface area contributed by atoms with E-state index in [1.165, 1.54) is 11.1 Å². The number of fused-ring (bicyclic) bond motifs is 1. The summed E-state index contributed by atoms with van der Waals surface area (Å²) in [6.07, 6.45) is 3.57. The number of hydrogen-bond acceptors (Lipinski definition) is 2. The Morgan fingerprint density at radius 2 is 2.16 bits per heavy atom. The molecule has 0 saturated carbocycles. The van der Waals surface area contributed by atoms with Gasteiger partial charge in [0, 0.05) is 12.6 Å². The van der Waals surface area contributed by atoms with Crippen molar-refractivity contribution in [3.05, 3.63) is 35.4 Å². The number of hydrogen-bond donors (Lipinski definition) is 1. The lowest BCUT2D eigenvalue weighted by atomic mass is 10.1. The van der Waals surface area contributed by atoms with E-state index in [1.54, 1.807) is 0 Å². The number of rotatable bonds is 3. The molecule has 0 aromatic heterocycles. The lowest BCUT2D eigenvalue weighted by Crippen LogP contribution is -2.34. The normalized spacial score (nSPS) is 32.5. The van der Waals surface area contributed by atoms with Crippen molar-refractivity contribution in [2.24, 2.45) is 0 Å². The largest absolute Gasteiger partial charge is 0.371 e. The average molecular weight is 280 g/mol. The number of ether oxygens (including phenoxy) is 1. The van der Waals surface area contributed by atoms with Gasteiger partial charge >= 0.3 is 0 Å². The van der Waals surface area contributed by atoms with Crippen LogP contribution in [0.2, 0.25) is 0 Å². The van der Waals surface area contributed by atoms with E-state index in [9.17, 15) is 0 Å². The van der Waals surface area contributed by atoms with Crippen LogP contribution in [0.15, 0.2) is 24.3 Å². The zero-order chi connectivity index (χ0) is 13.5. The summed E-state index contributed by atoms with van der Waals surface area (Å²) >= 11 is 6.48. The number of halogens is 1. The summed E-state index contributed by atoms with van der Waals surface area (Å²) in [4.78, 5) is 0. The number of alkyl halides is 1. The SMILES string of the molecule is CC1(C)CCC(CNC2c3ccccc3CC2Cl)O1. The third-order valence-electron chi connectivity index (χ3n) is 4.29. The van der Waals surface area contributed by atoms with E-state index >= 15 is 0 Å². The Balaban J connectivity index is 1.62. The van der Waals surface area contributed by atoms with Gasteiger partial charge in [-0.1, -0.05) is 24.3 Å². The highest BCUT2D eigenvalue weighted by atomic mass is 35.5. The van der Waals surface area contributed by atoms with Crippen molar-refractivity contribution in [1.29, 1.82) is 0 Å². The fourth-order valence-corrected chi connectivity index (χ4v) is 3.65. The highest BCUT2D eigenvalue weighted by molar-refractivity contribution is 6.21. The molecule has 1 heterocycles. The molecule has 3 heteroatoms. The van der Waals surface area contributed by atoms with Crippen LogP contribution in [-0.2, 0) is 11.2 Å². The molecule has 0 bridgehead atoms. The second-order valence-electron chi connectivity index (χ2n) is 6.34. The van der Waals surface area contributed by atoms with Crippen LogP contribution in [0.5, 0.6) is 0 Å². The van der Waals surface area contributed by atoms with Crippen molar-refractivity contribution in [3.8, 4) is 0 Å². The summed E-state index contributed by atoms with van der Waals surface area (Å²) in [5.74, 6) is 0. The standard InChI is InChI=1S/C16H22ClNO/c1-16(2)8-7-12(19-16)10-18-15-13-6-4-3-5-11(13)9-14(15)17/h3-6,12,14-15,18H,7-10H2,1-2H3. The van der Waals surface area contributed by atoms with Crippen LogP contribution in [0.25, 0.3) is 0 Å². The van der Waals surface area contributed by atoms with Crippen LogP contribution in [-0.4, -0.2) is 23.6 Å². The first-order chi connectivity index (χ1) is 9.05. The van der Waals surface area contributed by atoms with Crippen LogP contribution in [0.3, 0.4) is 0 Å². The highest BCUT2D eigenvalue weighted by Crippen LogP contribution is 2.35. The van der Waals surface area contributed by atoms with E-state index in [-0.39, 0.29) is 17.0 Å². The average Bonchev–Trinajstić information content (AvgIpc) is 2.86. The predicted octanol–water partition coefficient (Wildman–Crippen LogP) is 3.44. The topological polar surface area (TPSA) is 21.3 Å². The van der Waals surface area contributed by atoms with Crippen molar-refractivity contribution in [2.45, 2.75) is 56.2 Å². The van der Waals surface area contributed by atoms with Gasteiger partial charge in [0.2, 0.25) is 0 Å². The minimum absolute atomic E-state index is 0.0420. The maximum Gasteiger partial charge on any atom is 0.0708 e. The van der Waals surface area contributed by atoms with Gasteiger partial charge in [0.25, 0.3) is 0 Å². The van der Waals surface area contributed by atoms with Gasteiger partial charge in [-0.2, -0.15) is 0 Å². The fourth-order valence-electron chi connectivity index (χ4n) is 3.26. The van der Waals surface area contributed by atoms with E-state index in [0.717, 1.165) is 25.8 Å². The molecule has 1 saturated heterocycles. The van der Waals surface area contributed by atoms with Crippen molar-refractivity contribution in [2.75, 3.05) is 6.54 Å². The fraction of sp³-hybridized carbons (Fsp3) is 0.625. The number of benzene rings is 1. The Kier molecular flexibility index (Phi) is 3.59. The van der Waals surface area contributed by atoms with Crippen LogP contribution in [0.4, 0.5) is 0 Å². The molecule has 1 aliphatic heterocycles. The Morgan fingerprint density at radius 3 is 2.89 bits per heavy atom. The quantitative estimate of drug-likeness (QED) is 0.856. The van der Waals surface area contributed by atoms with Gasteiger partial charge in [-0.05, 0) is 44.2 Å². The van der Waals surface area contributed by atoms with Gasteiger partial charge in [0.1, 0.15) is 0 Å². The molecule has 3 unspecified atom stereocenters. The van der Waals surface area contributed by atoms with Gasteiger partial charge < -0.3 is 10.1 Å². The molecule has 0 spiro atoms. The van der Waals surface area contributed by atoms with Crippen LogP contribution >= 0.6 is 11.6 Å². The van der Waals surface area contributed by atoms with Gasteiger partial charge in [-0.3, -0.25) is 0 Å². The van der Waals surface area contributed by atoms with Crippen LogP contribution in [0.1, 0.15) is 43.9 Å². The highest BCUT2D eigenvalue weighted by Gasteiger charge is 2.34. The van der Waals surface area contributed by atoms with Crippen LogP contribution < -0.4 is 5.32 Å². The Hall–Kier alpha value is -0.570. The summed E-state index contributed by atoms with van der Waals surface area (Å²) < 4.78 is 6.03. The minimum atomic E-state index is 0.0420. The second kappa shape index (κ2) is 5.08. The second-order valence-corrected chi connectivity index (χ2v) is 6.90. The lowest BCUT2D eigenvalue weighted by molar-refractivity contribution is -0.0151. The van der Waals surface area contributed by atoms with Gasteiger partial charge in [0.05, 0.1) is 17.1 Å². The first-order valence-electron chi connectivity index (χ1n) is 7.18. The molecule has 3 atom stereocenters. The van der Waals surface area contributed by atoms with E-state index in [2.05, 4.69) is 43.4 Å². The summed E-state index contributed by atoms with van der Waals surface area (Å²) in [7, 11) is 0. The maximum atomic E-state index is 6.48. The van der Waals surface area contributed by atoms with Crippen LogP contribution in [0, 0.1) is 0 Å². The van der Waals surface area contributed by atoms with Gasteiger partial charge in [-0.15, -0.1) is 11.6 Å². The molecule has 1 aromatic carbocycles.